The Morgan fingerprint density at radius 1 is 1.03 bits per heavy atom. The van der Waals surface area contributed by atoms with Crippen LogP contribution in [0.1, 0.15) is 26.4 Å². The van der Waals surface area contributed by atoms with Crippen LogP contribution in [-0.2, 0) is 24.3 Å². The van der Waals surface area contributed by atoms with Crippen molar-refractivity contribution in [2.24, 2.45) is 0 Å². The molecule has 2 aromatic heterocycles. The van der Waals surface area contributed by atoms with E-state index in [0.29, 0.717) is 27.2 Å². The number of hydrogen-bond donors (Lipinski definition) is 0. The lowest BCUT2D eigenvalue weighted by Crippen LogP contribution is -2.21. The third-order valence-electron chi connectivity index (χ3n) is 4.80. The molecule has 0 N–H and O–H groups in total. The monoisotopic (exact) mass is 404 g/mol. The molecule has 4 aromatic rings. The molecule has 0 aliphatic heterocycles. The number of thiophene rings is 1. The highest BCUT2D eigenvalue weighted by Crippen LogP contribution is 2.27. The maximum Gasteiger partial charge on any atom is 0.349 e. The lowest BCUT2D eigenvalue weighted by molar-refractivity contribution is 0.0478. The maximum atomic E-state index is 13.0. The van der Waals surface area contributed by atoms with E-state index in [0.717, 1.165) is 17.5 Å². The number of carbonyl (C=O) groups excluding carboxylic acids is 1. The van der Waals surface area contributed by atoms with Crippen molar-refractivity contribution < 1.29 is 9.53 Å². The number of nitrogens with zero attached hydrogens (tertiary/aromatic N) is 2. The second-order valence-corrected chi connectivity index (χ2v) is 7.78. The van der Waals surface area contributed by atoms with E-state index in [2.05, 4.69) is 4.98 Å². The molecule has 5 nitrogen and oxygen atoms in total. The summed E-state index contributed by atoms with van der Waals surface area (Å²) < 4.78 is 7.04. The first kappa shape index (κ1) is 19.1. The minimum atomic E-state index is -0.426. The van der Waals surface area contributed by atoms with Gasteiger partial charge in [-0.3, -0.25) is 9.36 Å². The van der Waals surface area contributed by atoms with E-state index in [-0.39, 0.29) is 12.2 Å². The molecular weight excluding hydrogens is 384 g/mol. The predicted octanol–water partition coefficient (Wildman–Crippen LogP) is 4.37. The Morgan fingerprint density at radius 2 is 1.69 bits per heavy atom. The molecule has 29 heavy (non-hydrogen) atoms. The Balaban J connectivity index is 1.56. The first-order valence-electron chi connectivity index (χ1n) is 9.37. The molecule has 2 heterocycles. The van der Waals surface area contributed by atoms with Crippen molar-refractivity contribution in [3.63, 3.8) is 0 Å². The first-order chi connectivity index (χ1) is 14.1. The van der Waals surface area contributed by atoms with Crippen molar-refractivity contribution in [3.8, 4) is 0 Å². The first-order valence-corrected chi connectivity index (χ1v) is 10.2. The molecule has 0 saturated carbocycles. The largest absolute Gasteiger partial charge is 0.457 e. The SMILES string of the molecule is Cc1c(C(=O)OCc2ccccc2)sc2ncn(CCc3ccccc3)c(=O)c12. The topological polar surface area (TPSA) is 61.2 Å². The third-order valence-corrected chi connectivity index (χ3v) is 5.98. The number of aromatic nitrogens is 2. The molecular formula is C23H20N2O3S. The second-order valence-electron chi connectivity index (χ2n) is 6.78. The number of aryl methyl sites for hydroxylation is 3. The van der Waals surface area contributed by atoms with Gasteiger partial charge in [-0.05, 0) is 30.0 Å². The number of carbonyl (C=O) groups is 1. The van der Waals surface area contributed by atoms with Gasteiger partial charge in [0.05, 0.1) is 11.7 Å². The summed E-state index contributed by atoms with van der Waals surface area (Å²) in [6.07, 6.45) is 2.30. The molecule has 0 amide bonds. The van der Waals surface area contributed by atoms with Crippen LogP contribution in [0.4, 0.5) is 0 Å². The van der Waals surface area contributed by atoms with Gasteiger partial charge in [-0.2, -0.15) is 0 Å². The molecule has 0 aliphatic rings. The summed E-state index contributed by atoms with van der Waals surface area (Å²) in [4.78, 5) is 30.9. The minimum Gasteiger partial charge on any atom is -0.457 e. The Bertz CT molecular complexity index is 1200. The Morgan fingerprint density at radius 3 is 2.38 bits per heavy atom. The molecule has 0 saturated heterocycles. The van der Waals surface area contributed by atoms with Gasteiger partial charge in [0.25, 0.3) is 5.56 Å². The van der Waals surface area contributed by atoms with Gasteiger partial charge < -0.3 is 4.74 Å². The van der Waals surface area contributed by atoms with Crippen molar-refractivity contribution in [2.75, 3.05) is 0 Å². The average Bonchev–Trinajstić information content (AvgIpc) is 3.10. The van der Waals surface area contributed by atoms with E-state index in [4.69, 9.17) is 4.74 Å². The van der Waals surface area contributed by atoms with E-state index < -0.39 is 5.97 Å². The molecule has 0 aliphatic carbocycles. The third kappa shape index (κ3) is 4.12. The van der Waals surface area contributed by atoms with Gasteiger partial charge in [0.1, 0.15) is 16.3 Å². The Hall–Kier alpha value is -3.25. The number of benzene rings is 2. The van der Waals surface area contributed by atoms with Crippen molar-refractivity contribution in [3.05, 3.63) is 98.9 Å². The summed E-state index contributed by atoms with van der Waals surface area (Å²) in [5.74, 6) is -0.426. The van der Waals surface area contributed by atoms with Gasteiger partial charge >= 0.3 is 5.97 Å². The fourth-order valence-corrected chi connectivity index (χ4v) is 4.23. The van der Waals surface area contributed by atoms with Crippen molar-refractivity contribution >= 4 is 27.5 Å². The number of ether oxygens (including phenoxy) is 1. The molecule has 0 fully saturated rings. The van der Waals surface area contributed by atoms with Crippen molar-refractivity contribution in [1.82, 2.24) is 9.55 Å². The highest BCUT2D eigenvalue weighted by molar-refractivity contribution is 7.20. The van der Waals surface area contributed by atoms with Gasteiger partial charge in [-0.25, -0.2) is 9.78 Å². The van der Waals surface area contributed by atoms with E-state index >= 15 is 0 Å². The molecule has 0 unspecified atom stereocenters. The van der Waals surface area contributed by atoms with Crippen LogP contribution in [0.25, 0.3) is 10.2 Å². The number of rotatable bonds is 6. The van der Waals surface area contributed by atoms with E-state index in [1.165, 1.54) is 11.3 Å². The van der Waals surface area contributed by atoms with Gasteiger partial charge in [-0.1, -0.05) is 60.7 Å². The van der Waals surface area contributed by atoms with Crippen molar-refractivity contribution in [1.29, 1.82) is 0 Å². The summed E-state index contributed by atoms with van der Waals surface area (Å²) in [6.45, 7) is 2.51. The molecule has 6 heteroatoms. The van der Waals surface area contributed by atoms with Gasteiger partial charge in [-0.15, -0.1) is 11.3 Å². The van der Waals surface area contributed by atoms with Gasteiger partial charge in [0.15, 0.2) is 0 Å². The highest BCUT2D eigenvalue weighted by Gasteiger charge is 2.20. The summed E-state index contributed by atoms with van der Waals surface area (Å²) in [7, 11) is 0. The van der Waals surface area contributed by atoms with Crippen LogP contribution in [0.3, 0.4) is 0 Å². The van der Waals surface area contributed by atoms with Crippen LogP contribution in [0, 0.1) is 6.92 Å². The second kappa shape index (κ2) is 8.41. The van der Waals surface area contributed by atoms with E-state index in [1.54, 1.807) is 17.8 Å². The Labute approximate surface area is 172 Å². The summed E-state index contributed by atoms with van der Waals surface area (Å²) in [6, 6.07) is 19.5. The van der Waals surface area contributed by atoms with E-state index in [9.17, 15) is 9.59 Å². The molecule has 0 bridgehead atoms. The highest BCUT2D eigenvalue weighted by atomic mass is 32.1. The zero-order valence-electron chi connectivity index (χ0n) is 16.0. The molecule has 0 radical (unpaired) electrons. The van der Waals surface area contributed by atoms with Crippen molar-refractivity contribution in [2.45, 2.75) is 26.5 Å². The fourth-order valence-electron chi connectivity index (χ4n) is 3.20. The standard InChI is InChI=1S/C23H20N2O3S/c1-16-19-21(29-20(16)23(27)28-14-18-10-6-3-7-11-18)24-15-25(22(19)26)13-12-17-8-4-2-5-9-17/h2-11,15H,12-14H2,1H3. The zero-order valence-corrected chi connectivity index (χ0v) is 16.8. The van der Waals surface area contributed by atoms with Crippen LogP contribution in [0.5, 0.6) is 0 Å². The van der Waals surface area contributed by atoms with Crippen LogP contribution < -0.4 is 5.56 Å². The Kier molecular flexibility index (Phi) is 5.53. The van der Waals surface area contributed by atoms with Crippen LogP contribution in [-0.4, -0.2) is 15.5 Å². The number of esters is 1. The van der Waals surface area contributed by atoms with Crippen LogP contribution in [0.2, 0.25) is 0 Å². The number of hydrogen-bond acceptors (Lipinski definition) is 5. The molecule has 146 valence electrons. The normalized spacial score (nSPS) is 10.9. The molecule has 0 spiro atoms. The lowest BCUT2D eigenvalue weighted by atomic mass is 10.1. The van der Waals surface area contributed by atoms with Gasteiger partial charge in [0, 0.05) is 6.54 Å². The van der Waals surface area contributed by atoms with Crippen LogP contribution >= 0.6 is 11.3 Å². The van der Waals surface area contributed by atoms with Gasteiger partial charge in [0.2, 0.25) is 0 Å². The average molecular weight is 404 g/mol. The summed E-state index contributed by atoms with van der Waals surface area (Å²) in [5, 5.41) is 0.497. The minimum absolute atomic E-state index is 0.123. The molecule has 4 rings (SSSR count). The molecule has 0 atom stereocenters. The lowest BCUT2D eigenvalue weighted by Gasteiger charge is -2.06. The van der Waals surface area contributed by atoms with Crippen LogP contribution in [0.15, 0.2) is 71.8 Å². The summed E-state index contributed by atoms with van der Waals surface area (Å²) >= 11 is 1.21. The predicted molar refractivity (Wildman–Crippen MR) is 114 cm³/mol. The summed E-state index contributed by atoms with van der Waals surface area (Å²) in [5.41, 5.74) is 2.59. The quantitative estimate of drug-likeness (QED) is 0.448. The number of fused-ring (bicyclic) bond motifs is 1. The zero-order chi connectivity index (χ0) is 20.2. The smallest absolute Gasteiger partial charge is 0.349 e. The maximum absolute atomic E-state index is 13.0. The van der Waals surface area contributed by atoms with E-state index in [1.807, 2.05) is 60.7 Å². The fraction of sp³-hybridized carbons (Fsp3) is 0.174. The molecule has 2 aromatic carbocycles.